The molecule has 1 aliphatic rings. The monoisotopic (exact) mass is 614 g/mol. The van der Waals surface area contributed by atoms with Crippen molar-refractivity contribution >= 4 is 44.6 Å². The Labute approximate surface area is 271 Å². The summed E-state index contributed by atoms with van der Waals surface area (Å²) in [6, 6.07) is 42.2. The van der Waals surface area contributed by atoms with Crippen molar-refractivity contribution in [2.75, 3.05) is 0 Å². The molecule has 0 bridgehead atoms. The first kappa shape index (κ1) is 27.0. The Balaban J connectivity index is 1.21. The van der Waals surface area contributed by atoms with Gasteiger partial charge in [0.2, 0.25) is 0 Å². The average molecular weight is 615 g/mol. The van der Waals surface area contributed by atoms with Crippen molar-refractivity contribution in [3.05, 3.63) is 139 Å². The van der Waals surface area contributed by atoms with Crippen molar-refractivity contribution in [1.29, 1.82) is 0 Å². The Morgan fingerprint density at radius 3 is 2.37 bits per heavy atom. The Bertz CT molecular complexity index is 2470. The van der Waals surface area contributed by atoms with Gasteiger partial charge < -0.3 is 9.30 Å². The summed E-state index contributed by atoms with van der Waals surface area (Å²) in [5.74, 6) is 3.32. The Morgan fingerprint density at radius 1 is 0.696 bits per heavy atom. The number of aromatic nitrogens is 4. The Kier molecular flexibility index (Phi) is 5.93. The minimum atomic E-state index is -0.201. The van der Waals surface area contributed by atoms with E-state index in [2.05, 4.69) is 115 Å². The molecule has 0 fully saturated rings. The normalized spacial score (nSPS) is 13.6. The van der Waals surface area contributed by atoms with Gasteiger partial charge in [0.15, 0.2) is 0 Å². The molecular formula is C40H30N4OS. The van der Waals surface area contributed by atoms with E-state index in [4.69, 9.17) is 14.7 Å². The second-order valence-corrected chi connectivity index (χ2v) is 13.5. The number of rotatable bonds is 4. The zero-order valence-electron chi connectivity index (χ0n) is 25.7. The predicted molar refractivity (Wildman–Crippen MR) is 187 cm³/mol. The summed E-state index contributed by atoms with van der Waals surface area (Å²) in [6.07, 6.45) is 1.87. The van der Waals surface area contributed by atoms with Gasteiger partial charge in [0.1, 0.15) is 23.1 Å². The van der Waals surface area contributed by atoms with E-state index in [1.54, 1.807) is 0 Å². The van der Waals surface area contributed by atoms with E-state index in [1.165, 1.54) is 37.2 Å². The molecule has 222 valence electrons. The van der Waals surface area contributed by atoms with Gasteiger partial charge in [-0.25, -0.2) is 9.97 Å². The van der Waals surface area contributed by atoms with Crippen molar-refractivity contribution in [2.24, 2.45) is 7.05 Å². The molecule has 0 saturated carbocycles. The van der Waals surface area contributed by atoms with Crippen LogP contribution in [0.1, 0.15) is 25.0 Å². The molecule has 8 aromatic rings. The summed E-state index contributed by atoms with van der Waals surface area (Å²) in [7, 11) is 2.06. The number of para-hydroxylation sites is 2. The van der Waals surface area contributed by atoms with E-state index in [1.807, 2.05) is 54.4 Å². The molecule has 0 saturated heterocycles. The molecular weight excluding hydrogens is 585 g/mol. The highest BCUT2D eigenvalue weighted by Crippen LogP contribution is 2.53. The zero-order valence-corrected chi connectivity index (χ0v) is 26.5. The molecule has 0 aliphatic carbocycles. The number of ether oxygens (including phenoxy) is 1. The summed E-state index contributed by atoms with van der Waals surface area (Å²) in [5.41, 5.74) is 7.81. The largest absolute Gasteiger partial charge is 0.457 e. The standard InChI is InChI=1S/C40H30N4OS/c1-40(2)30-13-4-7-16-34(30)46-35-21-20-29-28-19-18-27(24-33(28)44(38(29)37(35)40)36-17-8-9-22-41-36)45-26-12-10-11-25(23-26)39-42-31-14-5-6-15-32(31)43(39)3/h4-24H,1-3H3. The van der Waals surface area contributed by atoms with E-state index < -0.39 is 0 Å². The van der Waals surface area contributed by atoms with Crippen molar-refractivity contribution in [2.45, 2.75) is 29.1 Å². The second-order valence-electron chi connectivity index (χ2n) is 12.4. The molecule has 46 heavy (non-hydrogen) atoms. The van der Waals surface area contributed by atoms with E-state index in [9.17, 15) is 0 Å². The lowest BCUT2D eigenvalue weighted by Crippen LogP contribution is -2.24. The molecule has 5 nitrogen and oxygen atoms in total. The van der Waals surface area contributed by atoms with Crippen LogP contribution in [0.5, 0.6) is 11.5 Å². The molecule has 3 aromatic heterocycles. The summed E-state index contributed by atoms with van der Waals surface area (Å²) in [4.78, 5) is 12.4. The first-order chi connectivity index (χ1) is 22.5. The molecule has 0 amide bonds. The van der Waals surface area contributed by atoms with E-state index in [0.29, 0.717) is 0 Å². The highest BCUT2D eigenvalue weighted by molar-refractivity contribution is 7.99. The van der Waals surface area contributed by atoms with E-state index in [-0.39, 0.29) is 5.41 Å². The van der Waals surface area contributed by atoms with Crippen LogP contribution in [0.2, 0.25) is 0 Å². The fourth-order valence-electron chi connectivity index (χ4n) is 7.11. The van der Waals surface area contributed by atoms with Crippen LogP contribution in [-0.4, -0.2) is 19.1 Å². The van der Waals surface area contributed by atoms with Gasteiger partial charge in [-0.05, 0) is 66.2 Å². The second kappa shape index (κ2) is 10.1. The lowest BCUT2D eigenvalue weighted by atomic mass is 9.76. The maximum absolute atomic E-state index is 6.57. The van der Waals surface area contributed by atoms with Crippen LogP contribution in [-0.2, 0) is 12.5 Å². The third-order valence-corrected chi connectivity index (χ3v) is 10.4. The predicted octanol–water partition coefficient (Wildman–Crippen LogP) is 10.3. The molecule has 1 aliphatic heterocycles. The molecule has 0 N–H and O–H groups in total. The van der Waals surface area contributed by atoms with Crippen molar-refractivity contribution in [1.82, 2.24) is 19.1 Å². The van der Waals surface area contributed by atoms with E-state index >= 15 is 0 Å². The number of imidazole rings is 1. The SMILES string of the molecule is Cn1c(-c2cccc(Oc3ccc4c5ccc6c(c5n(-c5ccccn5)c4c3)C(C)(C)c3ccccc3S6)c2)nc2ccccc21. The summed E-state index contributed by atoms with van der Waals surface area (Å²) in [6.45, 7) is 4.69. The number of aryl methyl sites for hydroxylation is 1. The number of hydrogen-bond donors (Lipinski definition) is 0. The summed E-state index contributed by atoms with van der Waals surface area (Å²) < 4.78 is 11.0. The van der Waals surface area contributed by atoms with Gasteiger partial charge in [-0.1, -0.05) is 80.2 Å². The number of hydrogen-bond acceptors (Lipinski definition) is 4. The van der Waals surface area contributed by atoms with Crippen LogP contribution in [0, 0.1) is 0 Å². The van der Waals surface area contributed by atoms with Gasteiger partial charge in [0.05, 0.1) is 22.1 Å². The summed E-state index contributed by atoms with van der Waals surface area (Å²) in [5, 5.41) is 2.38. The Morgan fingerprint density at radius 2 is 1.50 bits per heavy atom. The van der Waals surface area contributed by atoms with Crippen LogP contribution in [0.4, 0.5) is 0 Å². The van der Waals surface area contributed by atoms with Crippen LogP contribution in [0.15, 0.2) is 137 Å². The lowest BCUT2D eigenvalue weighted by molar-refractivity contribution is 0.483. The minimum Gasteiger partial charge on any atom is -0.457 e. The number of nitrogens with zero attached hydrogens (tertiary/aromatic N) is 4. The van der Waals surface area contributed by atoms with Crippen molar-refractivity contribution in [3.63, 3.8) is 0 Å². The lowest BCUT2D eigenvalue weighted by Gasteiger charge is -2.35. The molecule has 6 heteroatoms. The average Bonchev–Trinajstić information content (AvgIpc) is 3.59. The van der Waals surface area contributed by atoms with Gasteiger partial charge in [-0.2, -0.15) is 0 Å². The van der Waals surface area contributed by atoms with Gasteiger partial charge >= 0.3 is 0 Å². The minimum absolute atomic E-state index is 0.201. The number of fused-ring (bicyclic) bond motifs is 7. The first-order valence-electron chi connectivity index (χ1n) is 15.5. The van der Waals surface area contributed by atoms with E-state index in [0.717, 1.165) is 45.3 Å². The molecule has 9 rings (SSSR count). The van der Waals surface area contributed by atoms with Crippen LogP contribution in [0.25, 0.3) is 50.0 Å². The third kappa shape index (κ3) is 4.03. The Hall–Kier alpha value is -5.33. The number of pyridine rings is 1. The molecule has 5 aromatic carbocycles. The summed E-state index contributed by atoms with van der Waals surface area (Å²) >= 11 is 1.85. The third-order valence-electron chi connectivity index (χ3n) is 9.26. The molecule has 0 radical (unpaired) electrons. The zero-order chi connectivity index (χ0) is 31.0. The van der Waals surface area contributed by atoms with Crippen LogP contribution < -0.4 is 4.74 Å². The smallest absolute Gasteiger partial charge is 0.140 e. The van der Waals surface area contributed by atoms with Gasteiger partial charge in [-0.15, -0.1) is 0 Å². The fraction of sp³-hybridized carbons (Fsp3) is 0.100. The molecule has 0 atom stereocenters. The van der Waals surface area contributed by atoms with Gasteiger partial charge in [-0.3, -0.25) is 4.57 Å². The number of benzene rings is 5. The van der Waals surface area contributed by atoms with Crippen molar-refractivity contribution < 1.29 is 4.74 Å². The van der Waals surface area contributed by atoms with Crippen LogP contribution in [0.3, 0.4) is 0 Å². The fourth-order valence-corrected chi connectivity index (χ4v) is 8.51. The highest BCUT2D eigenvalue weighted by Gasteiger charge is 2.36. The van der Waals surface area contributed by atoms with Gasteiger partial charge in [0.25, 0.3) is 0 Å². The van der Waals surface area contributed by atoms with Gasteiger partial charge in [0, 0.05) is 56.4 Å². The van der Waals surface area contributed by atoms with Crippen LogP contribution >= 0.6 is 11.8 Å². The maximum Gasteiger partial charge on any atom is 0.140 e. The topological polar surface area (TPSA) is 44.9 Å². The maximum atomic E-state index is 6.57. The molecule has 0 unspecified atom stereocenters. The quantitative estimate of drug-likeness (QED) is 0.198. The molecule has 4 heterocycles. The first-order valence-corrected chi connectivity index (χ1v) is 16.3. The van der Waals surface area contributed by atoms with Crippen molar-refractivity contribution in [3.8, 4) is 28.7 Å². The highest BCUT2D eigenvalue weighted by atomic mass is 32.2. The molecule has 0 spiro atoms.